The molecule has 2 saturated heterocycles. The highest BCUT2D eigenvalue weighted by molar-refractivity contribution is 6.31. The fourth-order valence-corrected chi connectivity index (χ4v) is 4.31. The summed E-state index contributed by atoms with van der Waals surface area (Å²) < 4.78 is 5.51. The van der Waals surface area contributed by atoms with Crippen LogP contribution in [-0.2, 0) is 9.59 Å². The van der Waals surface area contributed by atoms with Gasteiger partial charge in [0.1, 0.15) is 11.3 Å². The van der Waals surface area contributed by atoms with Crippen molar-refractivity contribution in [2.45, 2.75) is 44.6 Å². The van der Waals surface area contributed by atoms with Crippen LogP contribution in [-0.4, -0.2) is 49.0 Å². The van der Waals surface area contributed by atoms with E-state index < -0.39 is 17.8 Å². The van der Waals surface area contributed by atoms with Crippen molar-refractivity contribution in [2.24, 2.45) is 0 Å². The van der Waals surface area contributed by atoms with Gasteiger partial charge in [-0.15, -0.1) is 0 Å². The summed E-state index contributed by atoms with van der Waals surface area (Å²) >= 11 is 0. The Balaban J connectivity index is 1.65. The van der Waals surface area contributed by atoms with E-state index in [4.69, 9.17) is 4.74 Å². The third-order valence-electron chi connectivity index (χ3n) is 5.81. The van der Waals surface area contributed by atoms with Crippen molar-refractivity contribution < 1.29 is 19.1 Å². The second-order valence-corrected chi connectivity index (χ2v) is 7.55. The summed E-state index contributed by atoms with van der Waals surface area (Å²) in [6.45, 7) is 2.03. The van der Waals surface area contributed by atoms with Gasteiger partial charge in [0.2, 0.25) is 0 Å². The van der Waals surface area contributed by atoms with Gasteiger partial charge in [0, 0.05) is 36.4 Å². The first kappa shape index (κ1) is 18.5. The van der Waals surface area contributed by atoms with Crippen LogP contribution in [0.5, 0.6) is 5.75 Å². The maximum Gasteiger partial charge on any atom is 0.331 e. The summed E-state index contributed by atoms with van der Waals surface area (Å²) in [4.78, 5) is 41.0. The molecule has 0 spiro atoms. The molecule has 0 aromatic heterocycles. The molecule has 0 radical (unpaired) electrons. The molecule has 2 aliphatic heterocycles. The molecule has 1 N–H and O–H groups in total. The third kappa shape index (κ3) is 3.37. The topological polar surface area (TPSA) is 79.0 Å². The average Bonchev–Trinajstić information content (AvgIpc) is 3.39. The first-order valence-corrected chi connectivity index (χ1v) is 9.92. The van der Waals surface area contributed by atoms with Gasteiger partial charge in [-0.05, 0) is 43.9 Å². The quantitative estimate of drug-likeness (QED) is 0.639. The zero-order chi connectivity index (χ0) is 19.7. The number of amides is 4. The summed E-state index contributed by atoms with van der Waals surface area (Å²) in [5.41, 5.74) is 1.68. The summed E-state index contributed by atoms with van der Waals surface area (Å²) in [6, 6.07) is 5.02. The fourth-order valence-electron chi connectivity index (χ4n) is 4.31. The monoisotopic (exact) mass is 383 g/mol. The molecule has 148 valence electrons. The number of nitrogens with zero attached hydrogens (tertiary/aromatic N) is 2. The number of anilines is 1. The van der Waals surface area contributed by atoms with Crippen molar-refractivity contribution in [2.75, 3.05) is 25.1 Å². The number of ether oxygens (including phenoxy) is 1. The van der Waals surface area contributed by atoms with Gasteiger partial charge in [-0.1, -0.05) is 12.8 Å². The molecule has 7 nitrogen and oxygen atoms in total. The number of urea groups is 1. The first-order chi connectivity index (χ1) is 13.6. The zero-order valence-corrected chi connectivity index (χ0v) is 16.1. The number of benzene rings is 1. The van der Waals surface area contributed by atoms with Crippen LogP contribution in [0.4, 0.5) is 10.5 Å². The lowest BCUT2D eigenvalue weighted by molar-refractivity contribution is -0.131. The van der Waals surface area contributed by atoms with Crippen LogP contribution >= 0.6 is 0 Å². The Morgan fingerprint density at radius 2 is 1.79 bits per heavy atom. The van der Waals surface area contributed by atoms with E-state index >= 15 is 0 Å². The van der Waals surface area contributed by atoms with Gasteiger partial charge < -0.3 is 9.64 Å². The number of imide groups is 2. The van der Waals surface area contributed by atoms with E-state index in [0.717, 1.165) is 44.5 Å². The van der Waals surface area contributed by atoms with Gasteiger partial charge in [0.05, 0.1) is 7.11 Å². The van der Waals surface area contributed by atoms with E-state index in [1.165, 1.54) is 23.8 Å². The zero-order valence-electron chi connectivity index (χ0n) is 16.1. The standard InChI is InChI=1S/C21H25N3O4/c1-28-18-13-16(23-10-4-5-11-23)9-8-14(18)12-17-19(25)22-21(27)24(20(17)26)15-6-2-3-7-15/h8-9,12-13,15H,2-7,10-11H2,1H3,(H,22,25,27)/b17-12+. The van der Waals surface area contributed by atoms with Crippen molar-refractivity contribution >= 4 is 29.6 Å². The van der Waals surface area contributed by atoms with E-state index in [0.29, 0.717) is 11.3 Å². The molecule has 0 atom stereocenters. The molecule has 0 unspecified atom stereocenters. The van der Waals surface area contributed by atoms with Crippen LogP contribution in [0.2, 0.25) is 0 Å². The molecule has 7 heteroatoms. The highest BCUT2D eigenvalue weighted by Crippen LogP contribution is 2.31. The van der Waals surface area contributed by atoms with Crippen LogP contribution < -0.4 is 15.0 Å². The van der Waals surface area contributed by atoms with Gasteiger partial charge in [-0.25, -0.2) is 4.79 Å². The van der Waals surface area contributed by atoms with E-state index in [9.17, 15) is 14.4 Å². The number of nitrogens with one attached hydrogen (secondary N) is 1. The van der Waals surface area contributed by atoms with Crippen LogP contribution in [0.1, 0.15) is 44.1 Å². The second kappa shape index (κ2) is 7.66. The summed E-state index contributed by atoms with van der Waals surface area (Å²) in [5, 5.41) is 2.31. The first-order valence-electron chi connectivity index (χ1n) is 9.92. The predicted octanol–water partition coefficient (Wildman–Crippen LogP) is 2.70. The molecule has 1 aliphatic carbocycles. The number of methoxy groups -OCH3 is 1. The number of carbonyl (C=O) groups excluding carboxylic acids is 3. The Morgan fingerprint density at radius 1 is 1.07 bits per heavy atom. The van der Waals surface area contributed by atoms with Crippen molar-refractivity contribution in [3.05, 3.63) is 29.3 Å². The number of rotatable bonds is 4. The minimum Gasteiger partial charge on any atom is -0.496 e. The highest BCUT2D eigenvalue weighted by atomic mass is 16.5. The summed E-state index contributed by atoms with van der Waals surface area (Å²) in [6.07, 6.45) is 7.42. The van der Waals surface area contributed by atoms with Crippen molar-refractivity contribution in [1.82, 2.24) is 10.2 Å². The molecule has 3 aliphatic rings. The molecule has 1 aromatic carbocycles. The number of carbonyl (C=O) groups is 3. The lowest BCUT2D eigenvalue weighted by atomic mass is 10.0. The van der Waals surface area contributed by atoms with Crippen LogP contribution in [0, 0.1) is 0 Å². The Morgan fingerprint density at radius 3 is 2.46 bits per heavy atom. The van der Waals surface area contributed by atoms with Crippen LogP contribution in [0.3, 0.4) is 0 Å². The molecule has 28 heavy (non-hydrogen) atoms. The molecule has 3 fully saturated rings. The van der Waals surface area contributed by atoms with Crippen LogP contribution in [0.15, 0.2) is 23.8 Å². The summed E-state index contributed by atoms with van der Waals surface area (Å²) in [5.74, 6) is -0.581. The van der Waals surface area contributed by atoms with E-state index in [1.807, 2.05) is 18.2 Å². The highest BCUT2D eigenvalue weighted by Gasteiger charge is 2.40. The van der Waals surface area contributed by atoms with Gasteiger partial charge in [0.15, 0.2) is 0 Å². The summed E-state index contributed by atoms with van der Waals surface area (Å²) in [7, 11) is 1.57. The number of hydrogen-bond acceptors (Lipinski definition) is 5. The Hall–Kier alpha value is -2.83. The van der Waals surface area contributed by atoms with Gasteiger partial charge in [0.25, 0.3) is 11.8 Å². The van der Waals surface area contributed by atoms with Crippen molar-refractivity contribution in [3.8, 4) is 5.75 Å². The normalized spacial score (nSPS) is 22.3. The molecular weight excluding hydrogens is 358 g/mol. The minimum atomic E-state index is -0.657. The Labute approximate surface area is 164 Å². The maximum absolute atomic E-state index is 12.9. The van der Waals surface area contributed by atoms with Gasteiger partial charge >= 0.3 is 6.03 Å². The van der Waals surface area contributed by atoms with E-state index in [-0.39, 0.29) is 11.6 Å². The Kier molecular flexibility index (Phi) is 5.07. The lowest BCUT2D eigenvalue weighted by Crippen LogP contribution is -2.57. The average molecular weight is 383 g/mol. The SMILES string of the molecule is COc1cc(N2CCCC2)ccc1/C=C1\C(=O)NC(=O)N(C2CCCC2)C1=O. The molecule has 1 saturated carbocycles. The molecule has 2 heterocycles. The van der Waals surface area contributed by atoms with Gasteiger partial charge in [-0.3, -0.25) is 19.8 Å². The maximum atomic E-state index is 12.9. The van der Waals surface area contributed by atoms with E-state index in [2.05, 4.69) is 10.2 Å². The molecule has 0 bridgehead atoms. The number of barbiturate groups is 1. The lowest BCUT2D eigenvalue weighted by Gasteiger charge is -2.31. The fraction of sp³-hybridized carbons (Fsp3) is 0.476. The van der Waals surface area contributed by atoms with Crippen LogP contribution in [0.25, 0.3) is 6.08 Å². The molecule has 4 amide bonds. The van der Waals surface area contributed by atoms with Crippen molar-refractivity contribution in [3.63, 3.8) is 0 Å². The van der Waals surface area contributed by atoms with Crippen molar-refractivity contribution in [1.29, 1.82) is 0 Å². The third-order valence-corrected chi connectivity index (χ3v) is 5.81. The Bertz CT molecular complexity index is 836. The minimum absolute atomic E-state index is 0.0290. The predicted molar refractivity (Wildman–Crippen MR) is 105 cm³/mol. The largest absolute Gasteiger partial charge is 0.496 e. The molecule has 4 rings (SSSR count). The smallest absolute Gasteiger partial charge is 0.331 e. The molecule has 1 aromatic rings. The molecular formula is C21H25N3O4. The second-order valence-electron chi connectivity index (χ2n) is 7.55. The number of hydrogen-bond donors (Lipinski definition) is 1. The van der Waals surface area contributed by atoms with E-state index in [1.54, 1.807) is 7.11 Å². The van der Waals surface area contributed by atoms with Gasteiger partial charge in [-0.2, -0.15) is 0 Å².